The number of hydrogen-bond acceptors (Lipinski definition) is 3. The van der Waals surface area contributed by atoms with Gasteiger partial charge in [-0.25, -0.2) is 0 Å². The van der Waals surface area contributed by atoms with Crippen LogP contribution in [0.2, 0.25) is 0 Å². The molecule has 1 atom stereocenters. The highest BCUT2D eigenvalue weighted by atomic mass is 16.2. The molecule has 5 heteroatoms. The average Bonchev–Trinajstić information content (AvgIpc) is 2.46. The second kappa shape index (κ2) is 7.03. The Morgan fingerprint density at radius 1 is 1.45 bits per heavy atom. The molecular formula is C15H21N3O2. The highest BCUT2D eigenvalue weighted by molar-refractivity contribution is 5.78. The van der Waals surface area contributed by atoms with E-state index in [1.54, 1.807) is 12.4 Å². The van der Waals surface area contributed by atoms with Crippen LogP contribution in [0.25, 0.3) is 0 Å². The van der Waals surface area contributed by atoms with Crippen LogP contribution in [-0.4, -0.2) is 34.8 Å². The SMILES string of the molecule is NC(=O)CC[C@@H]1CCCN(C(=O)Cc2cccnc2)C1. The smallest absolute Gasteiger partial charge is 0.227 e. The molecule has 1 saturated heterocycles. The van der Waals surface area contributed by atoms with Crippen LogP contribution in [0.15, 0.2) is 24.5 Å². The molecule has 1 fully saturated rings. The van der Waals surface area contributed by atoms with E-state index in [1.807, 2.05) is 17.0 Å². The van der Waals surface area contributed by atoms with Gasteiger partial charge in [0, 0.05) is 31.9 Å². The van der Waals surface area contributed by atoms with E-state index in [0.717, 1.165) is 37.9 Å². The van der Waals surface area contributed by atoms with Crippen LogP contribution in [0, 0.1) is 5.92 Å². The number of pyridine rings is 1. The summed E-state index contributed by atoms with van der Waals surface area (Å²) in [6, 6.07) is 3.76. The van der Waals surface area contributed by atoms with E-state index in [4.69, 9.17) is 5.73 Å². The van der Waals surface area contributed by atoms with Gasteiger partial charge in [-0.2, -0.15) is 0 Å². The number of primary amides is 1. The second-order valence-electron chi connectivity index (χ2n) is 5.39. The van der Waals surface area contributed by atoms with Crippen molar-refractivity contribution in [1.82, 2.24) is 9.88 Å². The summed E-state index contributed by atoms with van der Waals surface area (Å²) in [4.78, 5) is 29.0. The number of carbonyl (C=O) groups is 2. The summed E-state index contributed by atoms with van der Waals surface area (Å²) in [7, 11) is 0. The molecule has 0 unspecified atom stereocenters. The van der Waals surface area contributed by atoms with E-state index in [1.165, 1.54) is 0 Å². The van der Waals surface area contributed by atoms with Crippen molar-refractivity contribution in [3.63, 3.8) is 0 Å². The largest absolute Gasteiger partial charge is 0.370 e. The summed E-state index contributed by atoms with van der Waals surface area (Å²) in [5, 5.41) is 0. The summed E-state index contributed by atoms with van der Waals surface area (Å²) in [5.74, 6) is 0.277. The number of likely N-dealkylation sites (tertiary alicyclic amines) is 1. The van der Waals surface area contributed by atoms with Crippen molar-refractivity contribution >= 4 is 11.8 Å². The third-order valence-electron chi connectivity index (χ3n) is 3.75. The molecule has 0 saturated carbocycles. The molecule has 0 aliphatic carbocycles. The van der Waals surface area contributed by atoms with Gasteiger partial charge in [-0.1, -0.05) is 6.07 Å². The average molecular weight is 275 g/mol. The standard InChI is InChI=1S/C15H21N3O2/c16-14(19)6-5-12-4-2-8-18(11-12)15(20)9-13-3-1-7-17-10-13/h1,3,7,10,12H,2,4-6,8-9,11H2,(H2,16,19)/t12-/m0/s1. The third kappa shape index (κ3) is 4.33. The highest BCUT2D eigenvalue weighted by Crippen LogP contribution is 2.21. The molecule has 2 amide bonds. The Labute approximate surface area is 119 Å². The van der Waals surface area contributed by atoms with Crippen LogP contribution in [-0.2, 0) is 16.0 Å². The van der Waals surface area contributed by atoms with Crippen LogP contribution in [0.1, 0.15) is 31.2 Å². The van der Waals surface area contributed by atoms with E-state index in [0.29, 0.717) is 18.8 Å². The zero-order valence-electron chi connectivity index (χ0n) is 11.6. The summed E-state index contributed by atoms with van der Waals surface area (Å²) in [5.41, 5.74) is 6.12. The lowest BCUT2D eigenvalue weighted by Gasteiger charge is -2.32. The van der Waals surface area contributed by atoms with E-state index in [2.05, 4.69) is 4.98 Å². The lowest BCUT2D eigenvalue weighted by atomic mass is 9.93. The topological polar surface area (TPSA) is 76.3 Å². The van der Waals surface area contributed by atoms with Gasteiger partial charge in [0.25, 0.3) is 0 Å². The van der Waals surface area contributed by atoms with E-state index in [9.17, 15) is 9.59 Å². The van der Waals surface area contributed by atoms with E-state index in [-0.39, 0.29) is 11.8 Å². The first-order valence-corrected chi connectivity index (χ1v) is 7.10. The molecule has 2 rings (SSSR count). The first kappa shape index (κ1) is 14.5. The summed E-state index contributed by atoms with van der Waals surface area (Å²) < 4.78 is 0. The Hall–Kier alpha value is -1.91. The molecule has 1 aliphatic heterocycles. The first-order valence-electron chi connectivity index (χ1n) is 7.10. The molecule has 1 aliphatic rings. The molecule has 20 heavy (non-hydrogen) atoms. The number of rotatable bonds is 5. The summed E-state index contributed by atoms with van der Waals surface area (Å²) in [6.07, 6.45) is 7.10. The van der Waals surface area contributed by atoms with Crippen molar-refractivity contribution in [2.24, 2.45) is 11.7 Å². The zero-order valence-corrected chi connectivity index (χ0v) is 11.6. The number of amides is 2. The fraction of sp³-hybridized carbons (Fsp3) is 0.533. The number of hydrogen-bond donors (Lipinski definition) is 1. The van der Waals surface area contributed by atoms with Crippen molar-refractivity contribution in [1.29, 1.82) is 0 Å². The molecule has 108 valence electrons. The molecule has 1 aromatic heterocycles. The maximum Gasteiger partial charge on any atom is 0.227 e. The van der Waals surface area contributed by atoms with Gasteiger partial charge in [0.05, 0.1) is 6.42 Å². The number of nitrogens with two attached hydrogens (primary N) is 1. The fourth-order valence-corrected chi connectivity index (χ4v) is 2.66. The normalized spacial score (nSPS) is 18.8. The van der Waals surface area contributed by atoms with Crippen LogP contribution in [0.3, 0.4) is 0 Å². The summed E-state index contributed by atoms with van der Waals surface area (Å²) >= 11 is 0. The molecule has 2 heterocycles. The first-order chi connectivity index (χ1) is 9.65. The minimum absolute atomic E-state index is 0.141. The van der Waals surface area contributed by atoms with E-state index < -0.39 is 0 Å². The van der Waals surface area contributed by atoms with Crippen LogP contribution in [0.4, 0.5) is 0 Å². The summed E-state index contributed by atoms with van der Waals surface area (Å²) in [6.45, 7) is 1.55. The van der Waals surface area contributed by atoms with Gasteiger partial charge in [0.1, 0.15) is 0 Å². The lowest BCUT2D eigenvalue weighted by Crippen LogP contribution is -2.41. The maximum atomic E-state index is 12.3. The van der Waals surface area contributed by atoms with Gasteiger partial charge >= 0.3 is 0 Å². The Balaban J connectivity index is 1.85. The zero-order chi connectivity index (χ0) is 14.4. The number of piperidine rings is 1. The molecule has 1 aromatic rings. The third-order valence-corrected chi connectivity index (χ3v) is 3.75. The van der Waals surface area contributed by atoms with Crippen molar-refractivity contribution < 1.29 is 9.59 Å². The van der Waals surface area contributed by atoms with Crippen molar-refractivity contribution in [3.05, 3.63) is 30.1 Å². The Kier molecular flexibility index (Phi) is 5.09. The Morgan fingerprint density at radius 2 is 2.30 bits per heavy atom. The molecule has 2 N–H and O–H groups in total. The highest BCUT2D eigenvalue weighted by Gasteiger charge is 2.23. The minimum atomic E-state index is -0.260. The Morgan fingerprint density at radius 3 is 3.00 bits per heavy atom. The molecule has 0 aromatic carbocycles. The van der Waals surface area contributed by atoms with Crippen LogP contribution < -0.4 is 5.73 Å². The predicted octanol–water partition coefficient (Wildman–Crippen LogP) is 1.13. The molecule has 5 nitrogen and oxygen atoms in total. The number of nitrogens with zero attached hydrogens (tertiary/aromatic N) is 2. The maximum absolute atomic E-state index is 12.3. The molecule has 0 bridgehead atoms. The van der Waals surface area contributed by atoms with Gasteiger partial charge < -0.3 is 10.6 Å². The van der Waals surface area contributed by atoms with Crippen molar-refractivity contribution in [3.8, 4) is 0 Å². The fourth-order valence-electron chi connectivity index (χ4n) is 2.66. The van der Waals surface area contributed by atoms with Gasteiger partial charge in [-0.05, 0) is 36.8 Å². The van der Waals surface area contributed by atoms with Gasteiger partial charge in [-0.3, -0.25) is 14.6 Å². The molecule has 0 radical (unpaired) electrons. The predicted molar refractivity (Wildman–Crippen MR) is 75.7 cm³/mol. The molecular weight excluding hydrogens is 254 g/mol. The van der Waals surface area contributed by atoms with Crippen molar-refractivity contribution in [2.45, 2.75) is 32.1 Å². The minimum Gasteiger partial charge on any atom is -0.370 e. The van der Waals surface area contributed by atoms with Gasteiger partial charge in [-0.15, -0.1) is 0 Å². The van der Waals surface area contributed by atoms with Crippen LogP contribution in [0.5, 0.6) is 0 Å². The van der Waals surface area contributed by atoms with Gasteiger partial charge in [0.2, 0.25) is 11.8 Å². The number of aromatic nitrogens is 1. The van der Waals surface area contributed by atoms with Crippen LogP contribution >= 0.6 is 0 Å². The molecule has 0 spiro atoms. The monoisotopic (exact) mass is 275 g/mol. The van der Waals surface area contributed by atoms with E-state index >= 15 is 0 Å². The Bertz CT molecular complexity index is 461. The van der Waals surface area contributed by atoms with Crippen molar-refractivity contribution in [2.75, 3.05) is 13.1 Å². The lowest BCUT2D eigenvalue weighted by molar-refractivity contribution is -0.132. The quantitative estimate of drug-likeness (QED) is 0.875. The number of carbonyl (C=O) groups excluding carboxylic acids is 2. The second-order valence-corrected chi connectivity index (χ2v) is 5.39. The van der Waals surface area contributed by atoms with Gasteiger partial charge in [0.15, 0.2) is 0 Å².